The Morgan fingerprint density at radius 2 is 2.37 bits per heavy atom. The number of hydrogen-bond donors (Lipinski definition) is 1. The molecule has 5 heteroatoms. The van der Waals surface area contributed by atoms with Crippen LogP contribution in [0.15, 0.2) is 0 Å². The molecule has 1 saturated heterocycles. The molecule has 1 aliphatic heterocycles. The molecule has 2 atom stereocenters. The summed E-state index contributed by atoms with van der Waals surface area (Å²) in [6.07, 6.45) is 6.77. The smallest absolute Gasteiger partial charge is 0.322 e. The molecule has 0 aromatic heterocycles. The van der Waals surface area contributed by atoms with Crippen LogP contribution in [0.3, 0.4) is 0 Å². The summed E-state index contributed by atoms with van der Waals surface area (Å²) in [4.78, 5) is 11.4. The molecule has 4 nitrogen and oxygen atoms in total. The van der Waals surface area contributed by atoms with Gasteiger partial charge in [-0.2, -0.15) is 11.8 Å². The number of carbonyl (C=O) groups is 1. The van der Waals surface area contributed by atoms with Crippen LogP contribution in [0.5, 0.6) is 0 Å². The van der Waals surface area contributed by atoms with E-state index in [-0.39, 0.29) is 11.6 Å². The van der Waals surface area contributed by atoms with Crippen molar-refractivity contribution in [2.24, 2.45) is 5.73 Å². The average molecular weight is 287 g/mol. The fraction of sp³-hybridized carbons (Fsp3) is 0.929. The van der Waals surface area contributed by atoms with E-state index in [0.717, 1.165) is 18.8 Å². The normalized spacial score (nSPS) is 26.7. The van der Waals surface area contributed by atoms with Gasteiger partial charge in [0.05, 0.1) is 12.2 Å². The van der Waals surface area contributed by atoms with Gasteiger partial charge in [-0.25, -0.2) is 0 Å². The first-order valence-electron chi connectivity index (χ1n) is 7.33. The number of thioether (sulfide) groups is 1. The Kier molecular flexibility index (Phi) is 5.54. The Balaban J connectivity index is 1.64. The molecule has 2 aliphatic rings. The third kappa shape index (κ3) is 4.10. The van der Waals surface area contributed by atoms with E-state index in [4.69, 9.17) is 15.2 Å². The lowest BCUT2D eigenvalue weighted by Gasteiger charge is -2.47. The van der Waals surface area contributed by atoms with Crippen molar-refractivity contribution < 1.29 is 14.3 Å². The van der Waals surface area contributed by atoms with Crippen LogP contribution in [-0.4, -0.2) is 41.8 Å². The summed E-state index contributed by atoms with van der Waals surface area (Å²) in [5.41, 5.74) is 6.00. The van der Waals surface area contributed by atoms with E-state index in [2.05, 4.69) is 0 Å². The molecule has 0 radical (unpaired) electrons. The molecule has 0 aromatic rings. The minimum absolute atomic E-state index is 0.208. The van der Waals surface area contributed by atoms with Gasteiger partial charge in [-0.3, -0.25) is 4.79 Å². The Labute approximate surface area is 119 Å². The number of nitrogens with two attached hydrogens (primary N) is 1. The molecule has 0 aromatic carbocycles. The van der Waals surface area contributed by atoms with Crippen LogP contribution in [0.1, 0.15) is 45.4 Å². The molecule has 2 N–H and O–H groups in total. The van der Waals surface area contributed by atoms with Crippen LogP contribution in [0.4, 0.5) is 0 Å². The first kappa shape index (κ1) is 15.1. The maximum absolute atomic E-state index is 11.4. The van der Waals surface area contributed by atoms with Crippen molar-refractivity contribution in [1.82, 2.24) is 0 Å². The summed E-state index contributed by atoms with van der Waals surface area (Å²) in [6, 6.07) is -0.468. The number of carbonyl (C=O) groups excluding carboxylic acids is 1. The average Bonchev–Trinajstić information content (AvgIpc) is 2.37. The van der Waals surface area contributed by atoms with Gasteiger partial charge in [-0.1, -0.05) is 0 Å². The van der Waals surface area contributed by atoms with Crippen molar-refractivity contribution in [3.8, 4) is 0 Å². The molecule has 110 valence electrons. The fourth-order valence-electron chi connectivity index (χ4n) is 2.77. The molecule has 1 heterocycles. The summed E-state index contributed by atoms with van der Waals surface area (Å²) in [7, 11) is 0. The SMILES string of the molecule is CCOC(=O)C(N)CCSC1CCOC2(CCC2)C1. The number of hydrogen-bond acceptors (Lipinski definition) is 5. The standard InChI is InChI=1S/C14H25NO3S/c1-2-17-13(16)12(15)5-9-19-11-4-8-18-14(10-11)6-3-7-14/h11-12H,2-10,15H2,1H3. The molecular formula is C14H25NO3S. The molecule has 2 fully saturated rings. The largest absolute Gasteiger partial charge is 0.465 e. The zero-order valence-electron chi connectivity index (χ0n) is 11.7. The lowest BCUT2D eigenvalue weighted by molar-refractivity contribution is -0.144. The predicted molar refractivity (Wildman–Crippen MR) is 77.2 cm³/mol. The van der Waals surface area contributed by atoms with Gasteiger partial charge in [0.25, 0.3) is 0 Å². The summed E-state index contributed by atoms with van der Waals surface area (Å²) < 4.78 is 10.8. The zero-order chi connectivity index (χ0) is 13.7. The molecular weight excluding hydrogens is 262 g/mol. The van der Waals surface area contributed by atoms with E-state index in [0.29, 0.717) is 18.3 Å². The Morgan fingerprint density at radius 1 is 1.58 bits per heavy atom. The van der Waals surface area contributed by atoms with Gasteiger partial charge >= 0.3 is 5.97 Å². The van der Waals surface area contributed by atoms with E-state index in [1.54, 1.807) is 6.92 Å². The number of rotatable bonds is 6. The highest BCUT2D eigenvalue weighted by Gasteiger charge is 2.42. The van der Waals surface area contributed by atoms with Crippen molar-refractivity contribution >= 4 is 17.7 Å². The van der Waals surface area contributed by atoms with Crippen molar-refractivity contribution in [3.05, 3.63) is 0 Å². The van der Waals surface area contributed by atoms with Crippen LogP contribution >= 0.6 is 11.8 Å². The Hall–Kier alpha value is -0.260. The van der Waals surface area contributed by atoms with Crippen molar-refractivity contribution in [3.63, 3.8) is 0 Å². The lowest BCUT2D eigenvalue weighted by Crippen LogP contribution is -2.46. The van der Waals surface area contributed by atoms with Crippen LogP contribution in [0.2, 0.25) is 0 Å². The van der Waals surface area contributed by atoms with Crippen LogP contribution < -0.4 is 5.73 Å². The van der Waals surface area contributed by atoms with Gasteiger partial charge in [-0.15, -0.1) is 0 Å². The minimum Gasteiger partial charge on any atom is -0.465 e. The van der Waals surface area contributed by atoms with Gasteiger partial charge < -0.3 is 15.2 Å². The number of esters is 1. The Morgan fingerprint density at radius 3 is 3.00 bits per heavy atom. The molecule has 0 bridgehead atoms. The second kappa shape index (κ2) is 6.95. The van der Waals surface area contributed by atoms with Gasteiger partial charge in [0, 0.05) is 11.9 Å². The van der Waals surface area contributed by atoms with Crippen LogP contribution in [0.25, 0.3) is 0 Å². The van der Waals surface area contributed by atoms with Crippen LogP contribution in [0, 0.1) is 0 Å². The third-order valence-electron chi connectivity index (χ3n) is 4.08. The molecule has 0 amide bonds. The first-order valence-corrected chi connectivity index (χ1v) is 8.38. The second-order valence-corrected chi connectivity index (χ2v) is 6.93. The Bertz CT molecular complexity index is 307. The molecule has 19 heavy (non-hydrogen) atoms. The topological polar surface area (TPSA) is 61.5 Å². The predicted octanol–water partition coefficient (Wildman–Crippen LogP) is 2.10. The maximum atomic E-state index is 11.4. The van der Waals surface area contributed by atoms with E-state index < -0.39 is 6.04 Å². The number of ether oxygens (including phenoxy) is 2. The van der Waals surface area contributed by atoms with Crippen molar-refractivity contribution in [1.29, 1.82) is 0 Å². The van der Waals surface area contributed by atoms with E-state index in [1.165, 1.54) is 25.7 Å². The molecule has 1 aliphatic carbocycles. The summed E-state index contributed by atoms with van der Waals surface area (Å²) in [5, 5.41) is 0.670. The summed E-state index contributed by atoms with van der Waals surface area (Å²) >= 11 is 1.94. The molecule has 1 saturated carbocycles. The van der Waals surface area contributed by atoms with Crippen molar-refractivity contribution in [2.45, 2.75) is 62.3 Å². The molecule has 2 unspecified atom stereocenters. The van der Waals surface area contributed by atoms with Gasteiger partial charge in [-0.05, 0) is 51.2 Å². The second-order valence-electron chi connectivity index (χ2n) is 5.52. The van der Waals surface area contributed by atoms with Crippen LogP contribution in [-0.2, 0) is 14.3 Å². The first-order chi connectivity index (χ1) is 9.15. The minimum atomic E-state index is -0.468. The summed E-state index contributed by atoms with van der Waals surface area (Å²) in [6.45, 7) is 3.10. The van der Waals surface area contributed by atoms with Gasteiger partial charge in [0.15, 0.2) is 0 Å². The molecule has 1 spiro atoms. The van der Waals surface area contributed by atoms with E-state index in [9.17, 15) is 4.79 Å². The highest BCUT2D eigenvalue weighted by molar-refractivity contribution is 7.99. The summed E-state index contributed by atoms with van der Waals surface area (Å²) in [5.74, 6) is 0.659. The quantitative estimate of drug-likeness (QED) is 0.758. The fourth-order valence-corrected chi connectivity index (χ4v) is 4.18. The monoisotopic (exact) mass is 287 g/mol. The van der Waals surface area contributed by atoms with E-state index >= 15 is 0 Å². The molecule has 2 rings (SSSR count). The lowest BCUT2D eigenvalue weighted by atomic mass is 9.75. The van der Waals surface area contributed by atoms with Gasteiger partial charge in [0.1, 0.15) is 6.04 Å². The third-order valence-corrected chi connectivity index (χ3v) is 5.43. The maximum Gasteiger partial charge on any atom is 0.322 e. The van der Waals surface area contributed by atoms with Crippen molar-refractivity contribution in [2.75, 3.05) is 19.0 Å². The van der Waals surface area contributed by atoms with E-state index in [1.807, 2.05) is 11.8 Å². The highest BCUT2D eigenvalue weighted by Crippen LogP contribution is 2.45. The zero-order valence-corrected chi connectivity index (χ0v) is 12.5. The van der Waals surface area contributed by atoms with Gasteiger partial charge in [0.2, 0.25) is 0 Å². The highest BCUT2D eigenvalue weighted by atomic mass is 32.2.